The topological polar surface area (TPSA) is 68.8 Å². The molecule has 1 amide bonds. The average Bonchev–Trinajstić information content (AvgIpc) is 2.84. The van der Waals surface area contributed by atoms with Gasteiger partial charge in [-0.2, -0.15) is 0 Å². The van der Waals surface area contributed by atoms with Crippen molar-refractivity contribution in [3.05, 3.63) is 22.7 Å². The number of nitrogens with one attached hydrogen (secondary N) is 2. The van der Waals surface area contributed by atoms with Crippen molar-refractivity contribution < 1.29 is 19.0 Å². The van der Waals surface area contributed by atoms with Crippen molar-refractivity contribution in [2.45, 2.75) is 18.9 Å². The normalized spacial score (nSPS) is 23.4. The van der Waals surface area contributed by atoms with E-state index in [0.717, 1.165) is 25.9 Å². The summed E-state index contributed by atoms with van der Waals surface area (Å²) in [5, 5.41) is 6.75. The molecule has 6 nitrogen and oxygen atoms in total. The van der Waals surface area contributed by atoms with E-state index in [1.807, 2.05) is 0 Å². The molecule has 132 valence electrons. The quantitative estimate of drug-likeness (QED) is 0.863. The Morgan fingerprint density at radius 1 is 1.42 bits per heavy atom. The van der Waals surface area contributed by atoms with Crippen molar-refractivity contribution in [3.63, 3.8) is 0 Å². The lowest BCUT2D eigenvalue weighted by molar-refractivity contribution is 0.0338. The second-order valence-corrected chi connectivity index (χ2v) is 6.50. The number of hydrogen-bond donors (Lipinski definition) is 2. The van der Waals surface area contributed by atoms with E-state index in [2.05, 4.69) is 10.6 Å². The molecule has 2 heterocycles. The predicted octanol–water partition coefficient (Wildman–Crippen LogP) is 1.86. The Morgan fingerprint density at radius 3 is 3.08 bits per heavy atom. The molecular weight excluding hydrogens is 332 g/mol. The summed E-state index contributed by atoms with van der Waals surface area (Å²) in [6.07, 6.45) is 1.85. The maximum absolute atomic E-state index is 12.7. The Labute approximate surface area is 146 Å². The number of methoxy groups -OCH3 is 1. The third-order valence-corrected chi connectivity index (χ3v) is 4.67. The summed E-state index contributed by atoms with van der Waals surface area (Å²) in [4.78, 5) is 12.7. The molecule has 2 aliphatic heterocycles. The van der Waals surface area contributed by atoms with Crippen molar-refractivity contribution in [1.29, 1.82) is 0 Å². The van der Waals surface area contributed by atoms with Gasteiger partial charge in [0, 0.05) is 43.6 Å². The molecule has 1 saturated heterocycles. The summed E-state index contributed by atoms with van der Waals surface area (Å²) in [5.41, 5.74) is 0.419. The standard InChI is InChI=1S/C17H23ClN2O4/c1-22-15-10-19-4-3-11(15)9-20-17(21)13-7-12(18)8-14-16(13)24-6-2-5-23-14/h7-8,11,15,19H,2-6,9-10H2,1H3,(H,20,21)/t11-,15?/m0/s1. The van der Waals surface area contributed by atoms with Crippen LogP contribution in [-0.4, -0.2) is 52.0 Å². The summed E-state index contributed by atoms with van der Waals surface area (Å²) < 4.78 is 16.8. The first-order chi connectivity index (χ1) is 11.7. The van der Waals surface area contributed by atoms with Gasteiger partial charge in [-0.3, -0.25) is 4.79 Å². The van der Waals surface area contributed by atoms with E-state index in [0.29, 0.717) is 41.8 Å². The van der Waals surface area contributed by atoms with Crippen molar-refractivity contribution in [2.75, 3.05) is 40.0 Å². The molecule has 0 spiro atoms. The molecule has 1 aromatic carbocycles. The van der Waals surface area contributed by atoms with Crippen molar-refractivity contribution in [2.24, 2.45) is 5.92 Å². The lowest BCUT2D eigenvalue weighted by atomic mass is 9.95. The first-order valence-electron chi connectivity index (χ1n) is 8.30. The Hall–Kier alpha value is -1.50. The highest BCUT2D eigenvalue weighted by molar-refractivity contribution is 6.31. The highest BCUT2D eigenvalue weighted by Gasteiger charge is 2.26. The molecule has 0 aliphatic carbocycles. The van der Waals surface area contributed by atoms with Gasteiger partial charge >= 0.3 is 0 Å². The number of piperidine rings is 1. The van der Waals surface area contributed by atoms with E-state index >= 15 is 0 Å². The van der Waals surface area contributed by atoms with Gasteiger partial charge in [0.15, 0.2) is 11.5 Å². The van der Waals surface area contributed by atoms with Crippen molar-refractivity contribution in [3.8, 4) is 11.5 Å². The van der Waals surface area contributed by atoms with Crippen LogP contribution in [0, 0.1) is 5.92 Å². The molecule has 0 saturated carbocycles. The Morgan fingerprint density at radius 2 is 2.25 bits per heavy atom. The third-order valence-electron chi connectivity index (χ3n) is 4.45. The minimum atomic E-state index is -0.201. The molecule has 1 aromatic rings. The number of amides is 1. The smallest absolute Gasteiger partial charge is 0.255 e. The van der Waals surface area contributed by atoms with Crippen LogP contribution in [0.4, 0.5) is 0 Å². The van der Waals surface area contributed by atoms with Crippen LogP contribution < -0.4 is 20.1 Å². The highest BCUT2D eigenvalue weighted by atomic mass is 35.5. The maximum Gasteiger partial charge on any atom is 0.255 e. The molecule has 0 bridgehead atoms. The van der Waals surface area contributed by atoms with Gasteiger partial charge in [0.05, 0.1) is 24.9 Å². The fraction of sp³-hybridized carbons (Fsp3) is 0.588. The number of hydrogen-bond acceptors (Lipinski definition) is 5. The van der Waals surface area contributed by atoms with E-state index in [1.165, 1.54) is 0 Å². The van der Waals surface area contributed by atoms with Crippen molar-refractivity contribution in [1.82, 2.24) is 10.6 Å². The number of benzene rings is 1. The second-order valence-electron chi connectivity index (χ2n) is 6.07. The Balaban J connectivity index is 1.71. The van der Waals surface area contributed by atoms with E-state index in [4.69, 9.17) is 25.8 Å². The van der Waals surface area contributed by atoms with Crippen LogP contribution in [-0.2, 0) is 4.74 Å². The third kappa shape index (κ3) is 3.94. The van der Waals surface area contributed by atoms with E-state index in [1.54, 1.807) is 19.2 Å². The van der Waals surface area contributed by atoms with E-state index in [9.17, 15) is 4.79 Å². The number of carbonyl (C=O) groups is 1. The molecule has 2 atom stereocenters. The largest absolute Gasteiger partial charge is 0.489 e. The van der Waals surface area contributed by atoms with E-state index < -0.39 is 0 Å². The average molecular weight is 355 g/mol. The van der Waals surface area contributed by atoms with Gasteiger partial charge in [0.2, 0.25) is 0 Å². The fourth-order valence-electron chi connectivity index (χ4n) is 3.12. The number of halogens is 1. The SMILES string of the molecule is COC1CNCC[C@H]1CNC(=O)c1cc(Cl)cc2c1OCCCO2. The van der Waals surface area contributed by atoms with Crippen LogP contribution in [0.1, 0.15) is 23.2 Å². The van der Waals surface area contributed by atoms with Crippen LogP contribution in [0.25, 0.3) is 0 Å². The number of fused-ring (bicyclic) bond motifs is 1. The number of rotatable bonds is 4. The molecule has 1 fully saturated rings. The first kappa shape index (κ1) is 17.3. The van der Waals surface area contributed by atoms with Gasteiger partial charge in [0.25, 0.3) is 5.91 Å². The summed E-state index contributed by atoms with van der Waals surface area (Å²) in [6, 6.07) is 3.31. The number of carbonyl (C=O) groups excluding carboxylic acids is 1. The highest BCUT2D eigenvalue weighted by Crippen LogP contribution is 2.36. The minimum Gasteiger partial charge on any atom is -0.489 e. The zero-order chi connectivity index (χ0) is 16.9. The summed E-state index contributed by atoms with van der Waals surface area (Å²) in [5.74, 6) is 1.09. The van der Waals surface area contributed by atoms with Gasteiger partial charge in [0.1, 0.15) is 0 Å². The van der Waals surface area contributed by atoms with Crippen LogP contribution >= 0.6 is 11.6 Å². The minimum absolute atomic E-state index is 0.107. The van der Waals surface area contributed by atoms with Gasteiger partial charge in [-0.05, 0) is 19.0 Å². The van der Waals surface area contributed by atoms with Gasteiger partial charge in [-0.25, -0.2) is 0 Å². The summed E-state index contributed by atoms with van der Waals surface area (Å²) in [7, 11) is 1.70. The molecule has 0 aromatic heterocycles. The first-order valence-corrected chi connectivity index (χ1v) is 8.67. The molecule has 0 radical (unpaired) electrons. The fourth-order valence-corrected chi connectivity index (χ4v) is 3.33. The molecule has 1 unspecified atom stereocenters. The number of ether oxygens (including phenoxy) is 3. The van der Waals surface area contributed by atoms with Crippen LogP contribution in [0.15, 0.2) is 12.1 Å². The monoisotopic (exact) mass is 354 g/mol. The van der Waals surface area contributed by atoms with Gasteiger partial charge < -0.3 is 24.8 Å². The molecule has 2 N–H and O–H groups in total. The van der Waals surface area contributed by atoms with Gasteiger partial charge in [-0.1, -0.05) is 11.6 Å². The second kappa shape index (κ2) is 8.05. The lowest BCUT2D eigenvalue weighted by Gasteiger charge is -2.31. The zero-order valence-corrected chi connectivity index (χ0v) is 14.5. The zero-order valence-electron chi connectivity index (χ0n) is 13.8. The summed E-state index contributed by atoms with van der Waals surface area (Å²) >= 11 is 6.13. The maximum atomic E-state index is 12.7. The Kier molecular flexibility index (Phi) is 5.81. The van der Waals surface area contributed by atoms with Crippen molar-refractivity contribution >= 4 is 17.5 Å². The summed E-state index contributed by atoms with van der Waals surface area (Å²) in [6.45, 7) is 3.37. The van der Waals surface area contributed by atoms with Crippen LogP contribution in [0.5, 0.6) is 11.5 Å². The molecule has 2 aliphatic rings. The molecule has 3 rings (SSSR count). The van der Waals surface area contributed by atoms with Crippen LogP contribution in [0.3, 0.4) is 0 Å². The van der Waals surface area contributed by atoms with Crippen LogP contribution in [0.2, 0.25) is 5.02 Å². The van der Waals surface area contributed by atoms with Gasteiger partial charge in [-0.15, -0.1) is 0 Å². The lowest BCUT2D eigenvalue weighted by Crippen LogP contribution is -2.46. The van der Waals surface area contributed by atoms with E-state index in [-0.39, 0.29) is 17.9 Å². The molecule has 24 heavy (non-hydrogen) atoms. The Bertz CT molecular complexity index is 596. The molecule has 7 heteroatoms. The predicted molar refractivity (Wildman–Crippen MR) is 91.2 cm³/mol. The molecular formula is C17H23ClN2O4.